The molecule has 5 nitrogen and oxygen atoms in total. The summed E-state index contributed by atoms with van der Waals surface area (Å²) in [6.07, 6.45) is 21.4. The van der Waals surface area contributed by atoms with Gasteiger partial charge in [-0.15, -0.1) is 0 Å². The Morgan fingerprint density at radius 1 is 0.759 bits per heavy atom. The maximum atomic E-state index is 11.8. The largest absolute Gasteiger partial charge is 0.373 e. The van der Waals surface area contributed by atoms with Crippen molar-refractivity contribution in [1.82, 2.24) is 0 Å². The summed E-state index contributed by atoms with van der Waals surface area (Å²) in [4.78, 5) is 19.1. The molecule has 0 spiro atoms. The zero-order valence-corrected chi connectivity index (χ0v) is 20.5. The number of allylic oxidation sites excluding steroid dienone is 2. The summed E-state index contributed by atoms with van der Waals surface area (Å²) < 4.78 is 12.1. The van der Waals surface area contributed by atoms with E-state index >= 15 is 0 Å². The quantitative estimate of drug-likeness (QED) is 0.101. The molecule has 0 saturated carbocycles. The number of aliphatic hydroxyl groups is 1. The summed E-state index contributed by atoms with van der Waals surface area (Å²) in [7, 11) is 0.975. The lowest BCUT2D eigenvalue weighted by Crippen LogP contribution is -2.49. The molecule has 0 amide bonds. The molecule has 0 aromatic heterocycles. The van der Waals surface area contributed by atoms with Crippen LogP contribution in [0.5, 0.6) is 0 Å². The minimum Gasteiger partial charge on any atom is -0.373 e. The monoisotopic (exact) mass is 434 g/mol. The van der Waals surface area contributed by atoms with Crippen LogP contribution in [0.4, 0.5) is 0 Å². The number of likely N-dealkylation sites (N-methyl/N-ethyl adjacent to an activating group) is 1. The summed E-state index contributed by atoms with van der Waals surface area (Å²) in [5.74, 6) is 0. The third-order valence-corrected chi connectivity index (χ3v) is 6.81. The van der Waals surface area contributed by atoms with E-state index < -0.39 is 12.9 Å². The highest BCUT2D eigenvalue weighted by atomic mass is 31.2. The summed E-state index contributed by atoms with van der Waals surface area (Å²) in [5, 5.41) is 8.61. The summed E-state index contributed by atoms with van der Waals surface area (Å²) in [6.45, 7) is 2.30. The van der Waals surface area contributed by atoms with Gasteiger partial charge in [-0.3, -0.25) is 4.57 Å². The summed E-state index contributed by atoms with van der Waals surface area (Å²) >= 11 is 0. The van der Waals surface area contributed by atoms with Crippen LogP contribution < -0.4 is 0 Å². The van der Waals surface area contributed by atoms with Crippen LogP contribution in [0, 0.1) is 0 Å². The number of hydrogen-bond donors (Lipinski definition) is 3. The van der Waals surface area contributed by atoms with E-state index in [2.05, 4.69) is 19.1 Å². The second-order valence-corrected chi connectivity index (χ2v) is 11.6. The number of rotatable bonds is 19. The Morgan fingerprint density at radius 3 is 1.59 bits per heavy atom. The topological polar surface area (TPSA) is 77.8 Å². The van der Waals surface area contributed by atoms with Crippen LogP contribution in [-0.2, 0) is 4.57 Å². The van der Waals surface area contributed by atoms with Crippen LogP contribution in [0.1, 0.15) is 103 Å². The predicted octanol–water partition coefficient (Wildman–Crippen LogP) is 5.99. The van der Waals surface area contributed by atoms with Crippen molar-refractivity contribution in [3.63, 3.8) is 0 Å². The predicted molar refractivity (Wildman–Crippen MR) is 124 cm³/mol. The Labute approximate surface area is 180 Å². The fourth-order valence-corrected chi connectivity index (χ4v) is 4.79. The molecule has 0 aromatic carbocycles. The number of nitrogens with zero attached hydrogens (tertiary/aromatic N) is 1. The molecule has 0 bridgehead atoms. The molecule has 1 atom stereocenters. The minimum atomic E-state index is -4.54. The number of quaternary nitrogens is 1. The minimum absolute atomic E-state index is 0.0607. The maximum absolute atomic E-state index is 11.8. The fourth-order valence-electron chi connectivity index (χ4n) is 3.73. The zero-order valence-electron chi connectivity index (χ0n) is 19.6. The second kappa shape index (κ2) is 15.6. The van der Waals surface area contributed by atoms with Gasteiger partial charge in [0.1, 0.15) is 6.54 Å². The van der Waals surface area contributed by atoms with Crippen LogP contribution in [0.25, 0.3) is 0 Å². The van der Waals surface area contributed by atoms with Crippen LogP contribution >= 0.6 is 7.60 Å². The molecule has 0 aliphatic rings. The maximum Gasteiger partial charge on any atom is 0.362 e. The highest BCUT2D eigenvalue weighted by molar-refractivity contribution is 7.53. The Balaban J connectivity index is 3.68. The normalized spacial score (nSPS) is 15.1. The average Bonchev–Trinajstić information content (AvgIpc) is 2.59. The van der Waals surface area contributed by atoms with E-state index in [1.807, 2.05) is 21.1 Å². The van der Waals surface area contributed by atoms with E-state index in [4.69, 9.17) is 0 Å². The molecular formula is C23H49NO4P+. The number of unbranched alkanes of at least 4 members (excludes halogenated alkanes) is 12. The van der Waals surface area contributed by atoms with Crippen molar-refractivity contribution in [2.75, 3.05) is 27.7 Å². The van der Waals surface area contributed by atoms with Crippen LogP contribution in [0.3, 0.4) is 0 Å². The first-order valence-corrected chi connectivity index (χ1v) is 13.4. The van der Waals surface area contributed by atoms with E-state index in [1.54, 1.807) is 0 Å². The van der Waals surface area contributed by atoms with Gasteiger partial charge in [-0.25, -0.2) is 0 Å². The first-order valence-electron chi connectivity index (χ1n) is 11.8. The lowest BCUT2D eigenvalue weighted by molar-refractivity contribution is -0.875. The van der Waals surface area contributed by atoms with Crippen molar-refractivity contribution in [3.8, 4) is 0 Å². The number of hydrogen-bond acceptors (Lipinski definition) is 2. The fraction of sp³-hybridized carbons (Fsp3) is 0.913. The lowest BCUT2D eigenvalue weighted by Gasteiger charge is -2.35. The summed E-state index contributed by atoms with van der Waals surface area (Å²) in [6, 6.07) is 0. The molecule has 174 valence electrons. The smallest absolute Gasteiger partial charge is 0.362 e. The van der Waals surface area contributed by atoms with Gasteiger partial charge in [0, 0.05) is 0 Å². The van der Waals surface area contributed by atoms with Crippen molar-refractivity contribution in [2.24, 2.45) is 0 Å². The van der Waals surface area contributed by atoms with Crippen molar-refractivity contribution < 1.29 is 23.9 Å². The molecule has 0 aromatic rings. The van der Waals surface area contributed by atoms with Gasteiger partial charge in [0.05, 0.1) is 21.1 Å². The Hall–Kier alpha value is -0.190. The molecule has 3 N–H and O–H groups in total. The van der Waals surface area contributed by atoms with E-state index in [1.165, 1.54) is 70.6 Å². The second-order valence-electron chi connectivity index (χ2n) is 9.66. The van der Waals surface area contributed by atoms with Crippen molar-refractivity contribution in [1.29, 1.82) is 0 Å². The molecule has 1 unspecified atom stereocenters. The van der Waals surface area contributed by atoms with E-state index in [0.29, 0.717) is 10.9 Å². The van der Waals surface area contributed by atoms with Crippen LogP contribution in [0.2, 0.25) is 0 Å². The van der Waals surface area contributed by atoms with E-state index in [0.717, 1.165) is 12.8 Å². The first kappa shape index (κ1) is 28.8. The highest BCUT2D eigenvalue weighted by Crippen LogP contribution is 2.52. The third-order valence-electron chi connectivity index (χ3n) is 5.36. The molecule has 0 aliphatic heterocycles. The van der Waals surface area contributed by atoms with Gasteiger partial charge < -0.3 is 19.4 Å². The van der Waals surface area contributed by atoms with Crippen molar-refractivity contribution in [2.45, 2.75) is 109 Å². The van der Waals surface area contributed by atoms with Crippen molar-refractivity contribution >= 4 is 7.60 Å². The standard InChI is InChI=1S/C23H48NO4P/c1-5-6-7-8-9-10-11-12-13-14-15-16-17-18-19-20-21-23(25,29(26,27)28)22-24(2,3)4/h9-10,25H,5-8,11-22H2,1-4H3,(H-,26,27,28)/p+1/b10-9-. The molecule has 6 heteroatoms. The summed E-state index contributed by atoms with van der Waals surface area (Å²) in [5.41, 5.74) is 0. The zero-order chi connectivity index (χ0) is 22.2. The van der Waals surface area contributed by atoms with Gasteiger partial charge in [-0.05, 0) is 38.5 Å². The van der Waals surface area contributed by atoms with Gasteiger partial charge >= 0.3 is 7.60 Å². The van der Waals surface area contributed by atoms with E-state index in [9.17, 15) is 19.5 Å². The van der Waals surface area contributed by atoms with Crippen molar-refractivity contribution in [3.05, 3.63) is 12.2 Å². The molecule has 29 heavy (non-hydrogen) atoms. The van der Waals surface area contributed by atoms with E-state index in [-0.39, 0.29) is 13.0 Å². The molecule has 0 aliphatic carbocycles. The third kappa shape index (κ3) is 16.2. The Bertz CT molecular complexity index is 470. The van der Waals surface area contributed by atoms with Gasteiger partial charge in [-0.1, -0.05) is 76.9 Å². The molecule has 0 heterocycles. The van der Waals surface area contributed by atoms with Gasteiger partial charge in [0.2, 0.25) is 5.34 Å². The molecule has 0 rings (SSSR count). The Kier molecular flexibility index (Phi) is 15.5. The van der Waals surface area contributed by atoms with Crippen LogP contribution in [-0.4, -0.2) is 52.4 Å². The van der Waals surface area contributed by atoms with Crippen LogP contribution in [0.15, 0.2) is 12.2 Å². The SMILES string of the molecule is CCCCC/C=C\CCCCCCCCCCCC(O)(C[N+](C)(C)C)P(=O)(O)O. The highest BCUT2D eigenvalue weighted by Gasteiger charge is 2.48. The molecule has 0 radical (unpaired) electrons. The first-order chi connectivity index (χ1) is 13.5. The van der Waals surface area contributed by atoms with Gasteiger partial charge in [0.15, 0.2) is 0 Å². The van der Waals surface area contributed by atoms with Gasteiger partial charge in [-0.2, -0.15) is 0 Å². The molecule has 0 fully saturated rings. The molecule has 0 saturated heterocycles. The molecular weight excluding hydrogens is 385 g/mol. The Morgan fingerprint density at radius 2 is 1.17 bits per heavy atom. The van der Waals surface area contributed by atoms with Gasteiger partial charge in [0.25, 0.3) is 0 Å². The lowest BCUT2D eigenvalue weighted by atomic mass is 10.0. The average molecular weight is 435 g/mol.